The Kier molecular flexibility index (Phi) is 4.15. The van der Waals surface area contributed by atoms with E-state index in [4.69, 9.17) is 0 Å². The zero-order valence-corrected chi connectivity index (χ0v) is 17.3. The largest absolute Gasteiger partial charge is 0.309 e. The Labute approximate surface area is 175 Å². The molecule has 0 atom stereocenters. The number of hydrogen-bond acceptors (Lipinski definition) is 2. The first-order valence-electron chi connectivity index (χ1n) is 10.0. The smallest absolute Gasteiger partial charge is 0.0998 e. The van der Waals surface area contributed by atoms with Crippen molar-refractivity contribution in [3.63, 3.8) is 0 Å². The number of benzene rings is 3. The zero-order valence-electron chi connectivity index (χ0n) is 17.3. The van der Waals surface area contributed by atoms with Gasteiger partial charge in [-0.15, -0.1) is 0 Å². The molecule has 0 amide bonds. The number of hydrogen-bond donors (Lipinski definition) is 0. The number of pyridine rings is 1. The summed E-state index contributed by atoms with van der Waals surface area (Å²) in [5.74, 6) is 0. The standard InChI is InChI=1S/C27H21N3/c1-17-4-6-22-23-7-5-18(2)13-27(23)30(26(22)12-17)25-15-24(20-8-10-29-11-9-20)21(16-28)14-19(25)3/h4-15H,1-3H3. The van der Waals surface area contributed by atoms with Crippen LogP contribution in [0.15, 0.2) is 73.1 Å². The fourth-order valence-corrected chi connectivity index (χ4v) is 4.30. The van der Waals surface area contributed by atoms with Crippen molar-refractivity contribution in [1.29, 1.82) is 5.26 Å². The Morgan fingerprint density at radius 2 is 1.37 bits per heavy atom. The first kappa shape index (κ1) is 18.1. The highest BCUT2D eigenvalue weighted by atomic mass is 15.0. The first-order valence-corrected chi connectivity index (χ1v) is 10.0. The second-order valence-electron chi connectivity index (χ2n) is 7.91. The molecule has 3 aromatic carbocycles. The maximum atomic E-state index is 9.77. The van der Waals surface area contributed by atoms with Gasteiger partial charge in [-0.3, -0.25) is 4.98 Å². The Bertz CT molecular complexity index is 1410. The average Bonchev–Trinajstić information content (AvgIpc) is 3.06. The third-order valence-electron chi connectivity index (χ3n) is 5.77. The summed E-state index contributed by atoms with van der Waals surface area (Å²) in [5.41, 5.74) is 9.59. The average molecular weight is 387 g/mol. The summed E-state index contributed by atoms with van der Waals surface area (Å²) in [6, 6.07) is 23.7. The van der Waals surface area contributed by atoms with Crippen LogP contribution in [0.2, 0.25) is 0 Å². The van der Waals surface area contributed by atoms with Crippen LogP contribution < -0.4 is 0 Å². The van der Waals surface area contributed by atoms with Crippen molar-refractivity contribution < 1.29 is 0 Å². The van der Waals surface area contributed by atoms with Gasteiger partial charge in [-0.05, 0) is 79.4 Å². The topological polar surface area (TPSA) is 41.6 Å². The van der Waals surface area contributed by atoms with Crippen molar-refractivity contribution in [2.45, 2.75) is 20.8 Å². The van der Waals surface area contributed by atoms with Crippen LogP contribution in [0.4, 0.5) is 0 Å². The minimum atomic E-state index is 0.676. The Morgan fingerprint density at radius 1 is 0.767 bits per heavy atom. The Hall–Kier alpha value is -3.90. The number of nitriles is 1. The molecule has 0 bridgehead atoms. The van der Waals surface area contributed by atoms with Crippen molar-refractivity contribution in [3.05, 3.63) is 95.3 Å². The van der Waals surface area contributed by atoms with Crippen molar-refractivity contribution >= 4 is 21.8 Å². The van der Waals surface area contributed by atoms with E-state index in [1.165, 1.54) is 32.9 Å². The molecule has 5 rings (SSSR count). The first-order chi connectivity index (χ1) is 14.6. The van der Waals surface area contributed by atoms with E-state index in [1.807, 2.05) is 18.2 Å². The molecular formula is C27H21N3. The van der Waals surface area contributed by atoms with Gasteiger partial charge in [0.25, 0.3) is 0 Å². The van der Waals surface area contributed by atoms with Gasteiger partial charge in [0, 0.05) is 34.4 Å². The molecule has 5 aromatic rings. The van der Waals surface area contributed by atoms with Gasteiger partial charge in [0.05, 0.1) is 22.7 Å². The summed E-state index contributed by atoms with van der Waals surface area (Å²) >= 11 is 0. The van der Waals surface area contributed by atoms with E-state index in [1.54, 1.807) is 12.4 Å². The molecule has 3 nitrogen and oxygen atoms in total. The second kappa shape index (κ2) is 6.86. The van der Waals surface area contributed by atoms with Crippen LogP contribution >= 0.6 is 0 Å². The number of aromatic nitrogens is 2. The molecule has 2 heterocycles. The highest BCUT2D eigenvalue weighted by molar-refractivity contribution is 6.09. The maximum absolute atomic E-state index is 9.77. The molecule has 3 heteroatoms. The summed E-state index contributed by atoms with van der Waals surface area (Å²) in [5, 5.41) is 12.3. The van der Waals surface area contributed by atoms with E-state index in [0.29, 0.717) is 5.56 Å². The zero-order chi connectivity index (χ0) is 20.8. The van der Waals surface area contributed by atoms with E-state index >= 15 is 0 Å². The molecule has 0 unspecified atom stereocenters. The summed E-state index contributed by atoms with van der Waals surface area (Å²) in [4.78, 5) is 4.13. The molecule has 0 fully saturated rings. The molecule has 144 valence electrons. The molecule has 2 aromatic heterocycles. The summed E-state index contributed by atoms with van der Waals surface area (Å²) in [6.45, 7) is 6.33. The van der Waals surface area contributed by atoms with E-state index in [0.717, 1.165) is 22.4 Å². The van der Waals surface area contributed by atoms with Crippen molar-refractivity contribution in [3.8, 4) is 22.9 Å². The van der Waals surface area contributed by atoms with Gasteiger partial charge in [-0.2, -0.15) is 5.26 Å². The SMILES string of the molecule is Cc1ccc2c3ccc(C)cc3n(-c3cc(-c4ccncc4)c(C#N)cc3C)c2c1. The molecule has 0 aliphatic carbocycles. The van der Waals surface area contributed by atoms with Crippen LogP contribution in [0.25, 0.3) is 38.6 Å². The van der Waals surface area contributed by atoms with E-state index in [-0.39, 0.29) is 0 Å². The number of fused-ring (bicyclic) bond motifs is 3. The lowest BCUT2D eigenvalue weighted by molar-refractivity contribution is 1.14. The van der Waals surface area contributed by atoms with Crippen molar-refractivity contribution in [2.75, 3.05) is 0 Å². The summed E-state index contributed by atoms with van der Waals surface area (Å²) in [7, 11) is 0. The van der Waals surface area contributed by atoms with Crippen LogP contribution in [0.3, 0.4) is 0 Å². The maximum Gasteiger partial charge on any atom is 0.0998 e. The minimum absolute atomic E-state index is 0.676. The van der Waals surface area contributed by atoms with Gasteiger partial charge in [0.15, 0.2) is 0 Å². The second-order valence-corrected chi connectivity index (χ2v) is 7.91. The highest BCUT2D eigenvalue weighted by Crippen LogP contribution is 2.36. The summed E-state index contributed by atoms with van der Waals surface area (Å²) in [6.07, 6.45) is 3.53. The fraction of sp³-hybridized carbons (Fsp3) is 0.111. The quantitative estimate of drug-likeness (QED) is 0.340. The van der Waals surface area contributed by atoms with Crippen LogP contribution in [0, 0.1) is 32.1 Å². The Morgan fingerprint density at radius 3 is 1.93 bits per heavy atom. The molecule has 0 aliphatic rings. The van der Waals surface area contributed by atoms with Gasteiger partial charge < -0.3 is 4.57 Å². The molecule has 0 N–H and O–H groups in total. The third-order valence-corrected chi connectivity index (χ3v) is 5.77. The fourth-order valence-electron chi connectivity index (χ4n) is 4.30. The van der Waals surface area contributed by atoms with Crippen molar-refractivity contribution in [2.24, 2.45) is 0 Å². The van der Waals surface area contributed by atoms with Gasteiger partial charge in [-0.1, -0.05) is 24.3 Å². The van der Waals surface area contributed by atoms with Crippen LogP contribution in [-0.2, 0) is 0 Å². The Balaban J connectivity index is 1.92. The van der Waals surface area contributed by atoms with Crippen LogP contribution in [0.5, 0.6) is 0 Å². The molecule has 0 aliphatic heterocycles. The van der Waals surface area contributed by atoms with E-state index in [2.05, 4.69) is 78.9 Å². The molecular weight excluding hydrogens is 366 g/mol. The van der Waals surface area contributed by atoms with E-state index in [9.17, 15) is 5.26 Å². The number of rotatable bonds is 2. The van der Waals surface area contributed by atoms with Crippen LogP contribution in [0.1, 0.15) is 22.3 Å². The highest BCUT2D eigenvalue weighted by Gasteiger charge is 2.17. The predicted molar refractivity (Wildman–Crippen MR) is 123 cm³/mol. The lowest BCUT2D eigenvalue weighted by atomic mass is 9.97. The molecule has 0 radical (unpaired) electrons. The van der Waals surface area contributed by atoms with Gasteiger partial charge in [0.2, 0.25) is 0 Å². The molecule has 30 heavy (non-hydrogen) atoms. The molecule has 0 spiro atoms. The number of nitrogens with zero attached hydrogens (tertiary/aromatic N) is 3. The minimum Gasteiger partial charge on any atom is -0.309 e. The third kappa shape index (κ3) is 2.77. The molecule has 0 saturated heterocycles. The van der Waals surface area contributed by atoms with Crippen LogP contribution in [-0.4, -0.2) is 9.55 Å². The lowest BCUT2D eigenvalue weighted by Gasteiger charge is -2.15. The van der Waals surface area contributed by atoms with Crippen molar-refractivity contribution in [1.82, 2.24) is 9.55 Å². The monoisotopic (exact) mass is 387 g/mol. The normalized spacial score (nSPS) is 11.1. The number of aryl methyl sites for hydroxylation is 3. The van der Waals surface area contributed by atoms with Gasteiger partial charge in [0.1, 0.15) is 0 Å². The van der Waals surface area contributed by atoms with E-state index < -0.39 is 0 Å². The van der Waals surface area contributed by atoms with Gasteiger partial charge >= 0.3 is 0 Å². The molecule has 0 saturated carbocycles. The predicted octanol–water partition coefficient (Wildman–Crippen LogP) is 6.64. The summed E-state index contributed by atoms with van der Waals surface area (Å²) < 4.78 is 2.34. The van der Waals surface area contributed by atoms with Gasteiger partial charge in [-0.25, -0.2) is 0 Å². The lowest BCUT2D eigenvalue weighted by Crippen LogP contribution is -2.00.